The molecule has 1 aromatic carbocycles. The average Bonchev–Trinajstić information content (AvgIpc) is 3.43. The number of nitrogens with one attached hydrogen (secondary N) is 2. The molecule has 0 unspecified atom stereocenters. The summed E-state index contributed by atoms with van der Waals surface area (Å²) in [4.78, 5) is 9.02. The summed E-state index contributed by atoms with van der Waals surface area (Å²) < 4.78 is 32.8. The molecule has 2 aromatic heterocycles. The van der Waals surface area contributed by atoms with Crippen molar-refractivity contribution < 1.29 is 17.7 Å². The van der Waals surface area contributed by atoms with Gasteiger partial charge in [0.15, 0.2) is 0 Å². The molecule has 0 aliphatic heterocycles. The smallest absolute Gasteiger partial charge is 0.335 e. The minimum absolute atomic E-state index is 0.0784. The lowest BCUT2D eigenvalue weighted by Crippen LogP contribution is -2.31. The van der Waals surface area contributed by atoms with Crippen molar-refractivity contribution in [2.75, 3.05) is 12.4 Å². The SMILES string of the molecule is CNS(=O)(=O)O[C@H]1C[C@H](n2ccc3c(N[C@H]4CC(C)(C)c5ccccc54)ncnc32)C[C@@H]1O. The van der Waals surface area contributed by atoms with Crippen LogP contribution in [0.1, 0.15) is 56.3 Å². The summed E-state index contributed by atoms with van der Waals surface area (Å²) in [6, 6.07) is 10.5. The summed E-state index contributed by atoms with van der Waals surface area (Å²) in [5.74, 6) is 0.764. The number of aromatic nitrogens is 3. The van der Waals surface area contributed by atoms with E-state index in [9.17, 15) is 13.5 Å². The molecule has 3 aromatic rings. The molecule has 33 heavy (non-hydrogen) atoms. The van der Waals surface area contributed by atoms with E-state index in [1.165, 1.54) is 24.5 Å². The number of hydrogen-bond acceptors (Lipinski definition) is 7. The third kappa shape index (κ3) is 4.01. The monoisotopic (exact) mass is 471 g/mol. The summed E-state index contributed by atoms with van der Waals surface area (Å²) in [6.07, 6.45) is 3.48. The van der Waals surface area contributed by atoms with Crippen molar-refractivity contribution in [3.8, 4) is 0 Å². The molecule has 9 nitrogen and oxygen atoms in total. The van der Waals surface area contributed by atoms with E-state index < -0.39 is 22.5 Å². The molecule has 10 heteroatoms. The Morgan fingerprint density at radius 3 is 2.76 bits per heavy atom. The van der Waals surface area contributed by atoms with Crippen LogP contribution < -0.4 is 10.0 Å². The fraction of sp³-hybridized carbons (Fsp3) is 0.478. The Morgan fingerprint density at radius 2 is 1.97 bits per heavy atom. The van der Waals surface area contributed by atoms with E-state index in [0.29, 0.717) is 12.8 Å². The molecule has 2 aliphatic rings. The van der Waals surface area contributed by atoms with Gasteiger partial charge in [0, 0.05) is 19.3 Å². The molecule has 2 aliphatic carbocycles. The van der Waals surface area contributed by atoms with Gasteiger partial charge in [0.2, 0.25) is 0 Å². The van der Waals surface area contributed by atoms with E-state index in [1.54, 1.807) is 0 Å². The minimum Gasteiger partial charge on any atom is -0.390 e. The van der Waals surface area contributed by atoms with Crippen LogP contribution >= 0.6 is 0 Å². The summed E-state index contributed by atoms with van der Waals surface area (Å²) in [7, 11) is -2.60. The summed E-state index contributed by atoms with van der Waals surface area (Å²) in [5, 5.41) is 14.9. The van der Waals surface area contributed by atoms with Crippen molar-refractivity contribution in [2.45, 2.75) is 62.8 Å². The van der Waals surface area contributed by atoms with Crippen LogP contribution in [0, 0.1) is 0 Å². The molecule has 176 valence electrons. The highest BCUT2D eigenvalue weighted by Gasteiger charge is 2.39. The fourth-order valence-electron chi connectivity index (χ4n) is 5.32. The van der Waals surface area contributed by atoms with Crippen molar-refractivity contribution >= 4 is 27.2 Å². The van der Waals surface area contributed by atoms with Crippen molar-refractivity contribution in [3.63, 3.8) is 0 Å². The number of aliphatic hydroxyl groups is 1. The van der Waals surface area contributed by atoms with Crippen molar-refractivity contribution in [2.24, 2.45) is 0 Å². The molecule has 0 saturated heterocycles. The lowest BCUT2D eigenvalue weighted by atomic mass is 9.86. The molecular formula is C23H29N5O4S. The quantitative estimate of drug-likeness (QED) is 0.506. The highest BCUT2D eigenvalue weighted by molar-refractivity contribution is 7.84. The predicted molar refractivity (Wildman–Crippen MR) is 125 cm³/mol. The Hall–Kier alpha value is -2.53. The number of rotatable bonds is 6. The highest BCUT2D eigenvalue weighted by Crippen LogP contribution is 2.46. The van der Waals surface area contributed by atoms with Gasteiger partial charge in [-0.05, 0) is 41.9 Å². The summed E-state index contributed by atoms with van der Waals surface area (Å²) in [6.45, 7) is 4.52. The molecule has 0 amide bonds. The Kier molecular flexibility index (Phi) is 5.43. The Balaban J connectivity index is 1.41. The van der Waals surface area contributed by atoms with E-state index in [-0.39, 0.29) is 17.5 Å². The third-order valence-electron chi connectivity index (χ3n) is 6.94. The van der Waals surface area contributed by atoms with Gasteiger partial charge in [-0.25, -0.2) is 9.97 Å². The second-order valence-corrected chi connectivity index (χ2v) is 11.0. The van der Waals surface area contributed by atoms with Gasteiger partial charge in [-0.1, -0.05) is 38.1 Å². The van der Waals surface area contributed by atoms with Crippen LogP contribution in [0.4, 0.5) is 5.82 Å². The maximum atomic E-state index is 11.8. The Morgan fingerprint density at radius 1 is 1.18 bits per heavy atom. The summed E-state index contributed by atoms with van der Waals surface area (Å²) in [5.41, 5.74) is 3.47. The zero-order chi connectivity index (χ0) is 23.4. The van der Waals surface area contributed by atoms with Crippen LogP contribution in [0.25, 0.3) is 11.0 Å². The first kappa shape index (κ1) is 22.3. The largest absolute Gasteiger partial charge is 0.390 e. The average molecular weight is 472 g/mol. The van der Waals surface area contributed by atoms with Crippen molar-refractivity contribution in [3.05, 3.63) is 54.0 Å². The molecule has 4 atom stereocenters. The standard InChI is InChI=1S/C23H29N5O4S/c1-23(2)12-18(15-6-4-5-7-17(15)23)27-21-16-8-9-28(22(16)26-13-25-21)14-10-19(29)20(11-14)32-33(30,31)24-3/h4-9,13-14,18-20,24,29H,10-12H2,1-3H3,(H,25,26,27)/t14-,18+,19+,20+/m1/s1. The first-order chi connectivity index (χ1) is 15.7. The number of hydrogen-bond donors (Lipinski definition) is 3. The number of anilines is 1. The Bertz CT molecular complexity index is 1290. The van der Waals surface area contributed by atoms with Gasteiger partial charge in [-0.3, -0.25) is 4.18 Å². The zero-order valence-corrected chi connectivity index (χ0v) is 19.7. The number of aliphatic hydroxyl groups excluding tert-OH is 1. The maximum absolute atomic E-state index is 11.8. The van der Waals surface area contributed by atoms with E-state index in [4.69, 9.17) is 4.18 Å². The van der Waals surface area contributed by atoms with Crippen LogP contribution in [-0.4, -0.2) is 47.3 Å². The van der Waals surface area contributed by atoms with Crippen LogP contribution in [0.3, 0.4) is 0 Å². The van der Waals surface area contributed by atoms with Crippen LogP contribution in [0.5, 0.6) is 0 Å². The fourth-order valence-corrected chi connectivity index (χ4v) is 5.94. The van der Waals surface area contributed by atoms with Crippen molar-refractivity contribution in [1.29, 1.82) is 0 Å². The van der Waals surface area contributed by atoms with Crippen LogP contribution in [-0.2, 0) is 19.9 Å². The van der Waals surface area contributed by atoms with Gasteiger partial charge < -0.3 is 15.0 Å². The lowest BCUT2D eigenvalue weighted by Gasteiger charge is -2.20. The molecule has 5 rings (SSSR count). The molecular weight excluding hydrogens is 442 g/mol. The molecule has 2 heterocycles. The number of fused-ring (bicyclic) bond motifs is 2. The summed E-state index contributed by atoms with van der Waals surface area (Å²) >= 11 is 0. The second kappa shape index (κ2) is 8.05. The Labute approximate surface area is 193 Å². The third-order valence-corrected chi connectivity index (χ3v) is 7.94. The lowest BCUT2D eigenvalue weighted by molar-refractivity contribution is 0.0635. The first-order valence-corrected chi connectivity index (χ1v) is 12.6. The number of nitrogens with zero attached hydrogens (tertiary/aromatic N) is 3. The van der Waals surface area contributed by atoms with Gasteiger partial charge in [0.25, 0.3) is 0 Å². The molecule has 3 N–H and O–H groups in total. The predicted octanol–water partition coefficient (Wildman–Crippen LogP) is 2.81. The van der Waals surface area contributed by atoms with Gasteiger partial charge in [-0.15, -0.1) is 0 Å². The highest BCUT2D eigenvalue weighted by atomic mass is 32.2. The van der Waals surface area contributed by atoms with Gasteiger partial charge >= 0.3 is 10.3 Å². The molecule has 1 saturated carbocycles. The number of benzene rings is 1. The molecule has 1 fully saturated rings. The minimum atomic E-state index is -3.88. The second-order valence-electron chi connectivity index (χ2n) is 9.54. The maximum Gasteiger partial charge on any atom is 0.335 e. The molecule has 0 bridgehead atoms. The van der Waals surface area contributed by atoms with Gasteiger partial charge in [-0.2, -0.15) is 13.1 Å². The van der Waals surface area contributed by atoms with Crippen molar-refractivity contribution in [1.82, 2.24) is 19.3 Å². The van der Waals surface area contributed by atoms with E-state index in [2.05, 4.69) is 58.1 Å². The first-order valence-electron chi connectivity index (χ1n) is 11.2. The normalized spacial score (nSPS) is 26.5. The van der Waals surface area contributed by atoms with Crippen LogP contribution in [0.2, 0.25) is 0 Å². The molecule has 0 spiro atoms. The van der Waals surface area contributed by atoms with Gasteiger partial charge in [0.05, 0.1) is 17.5 Å². The van der Waals surface area contributed by atoms with Gasteiger partial charge in [0.1, 0.15) is 23.9 Å². The van der Waals surface area contributed by atoms with E-state index in [1.807, 2.05) is 16.8 Å². The van der Waals surface area contributed by atoms with E-state index in [0.717, 1.165) is 23.3 Å². The molecule has 0 radical (unpaired) electrons. The zero-order valence-electron chi connectivity index (χ0n) is 18.9. The van der Waals surface area contributed by atoms with Crippen LogP contribution in [0.15, 0.2) is 42.9 Å². The van der Waals surface area contributed by atoms with E-state index >= 15 is 0 Å². The topological polar surface area (TPSA) is 118 Å².